The monoisotopic (exact) mass is 267 g/mol. The molecule has 0 aromatic heterocycles. The molecule has 6 heteroatoms. The third kappa shape index (κ3) is 2.15. The van der Waals surface area contributed by atoms with E-state index in [2.05, 4.69) is 0 Å². The van der Waals surface area contributed by atoms with E-state index in [1.54, 1.807) is 23.9 Å². The van der Waals surface area contributed by atoms with E-state index >= 15 is 0 Å². The number of hydrogen-bond donors (Lipinski definition) is 1. The maximum atomic E-state index is 11.7. The molecule has 0 fully saturated rings. The lowest BCUT2D eigenvalue weighted by Crippen LogP contribution is -2.45. The highest BCUT2D eigenvalue weighted by atomic mass is 32.2. The summed E-state index contributed by atoms with van der Waals surface area (Å²) in [5.41, 5.74) is 0.602. The highest BCUT2D eigenvalue weighted by Crippen LogP contribution is 2.39. The number of hydrogen-bond acceptors (Lipinski definition) is 4. The zero-order chi connectivity index (χ0) is 13.3. The van der Waals surface area contributed by atoms with E-state index in [0.717, 1.165) is 4.90 Å². The molecular weight excluding hydrogens is 254 g/mol. The van der Waals surface area contributed by atoms with Crippen LogP contribution in [0.1, 0.15) is 6.92 Å². The van der Waals surface area contributed by atoms with Crippen molar-refractivity contribution in [1.82, 2.24) is 0 Å². The molecular formula is C12H13NO4S. The minimum absolute atomic E-state index is 0.154. The number of thioether (sulfide) groups is 1. The second-order valence-electron chi connectivity index (χ2n) is 3.97. The van der Waals surface area contributed by atoms with Crippen molar-refractivity contribution in [2.24, 2.45) is 0 Å². The van der Waals surface area contributed by atoms with Gasteiger partial charge in [-0.3, -0.25) is 9.69 Å². The third-order valence-corrected chi connectivity index (χ3v) is 4.05. The molecule has 0 spiro atoms. The fourth-order valence-electron chi connectivity index (χ4n) is 1.87. The third-order valence-electron chi connectivity index (χ3n) is 2.75. The molecule has 1 amide bonds. The van der Waals surface area contributed by atoms with Gasteiger partial charge >= 0.3 is 11.9 Å². The fourth-order valence-corrected chi connectivity index (χ4v) is 2.91. The van der Waals surface area contributed by atoms with Gasteiger partial charge in [0, 0.05) is 22.8 Å². The normalized spacial score (nSPS) is 18.1. The molecule has 1 aromatic carbocycles. The number of nitrogens with zero attached hydrogens (tertiary/aromatic N) is 1. The predicted octanol–water partition coefficient (Wildman–Crippen LogP) is 1.61. The number of anilines is 1. The van der Waals surface area contributed by atoms with Gasteiger partial charge in [-0.1, -0.05) is 0 Å². The summed E-state index contributed by atoms with van der Waals surface area (Å²) in [6.45, 7) is 1.83. The number of aliphatic carboxylic acids is 1. The maximum Gasteiger partial charge on any atom is 0.394 e. The van der Waals surface area contributed by atoms with Crippen LogP contribution in [0.2, 0.25) is 0 Å². The van der Waals surface area contributed by atoms with Crippen molar-refractivity contribution in [2.75, 3.05) is 17.8 Å². The van der Waals surface area contributed by atoms with Crippen LogP contribution in [0.15, 0.2) is 23.1 Å². The lowest BCUT2D eigenvalue weighted by molar-refractivity contribution is -0.149. The summed E-state index contributed by atoms with van der Waals surface area (Å²) in [5, 5.41) is 8.87. The highest BCUT2D eigenvalue weighted by Gasteiger charge is 2.32. The summed E-state index contributed by atoms with van der Waals surface area (Å²) in [4.78, 5) is 24.8. The Morgan fingerprint density at radius 1 is 1.50 bits per heavy atom. The number of carbonyl (C=O) groups is 2. The molecule has 0 bridgehead atoms. The second-order valence-corrected chi connectivity index (χ2v) is 5.04. The van der Waals surface area contributed by atoms with Crippen molar-refractivity contribution < 1.29 is 19.4 Å². The molecule has 1 aromatic rings. The SMILES string of the molecule is COc1ccc2c(c1)N(C(=O)C(=O)O)C(C)CS2. The van der Waals surface area contributed by atoms with Crippen LogP contribution in [0.25, 0.3) is 0 Å². The van der Waals surface area contributed by atoms with Crippen LogP contribution >= 0.6 is 11.8 Å². The average Bonchev–Trinajstić information content (AvgIpc) is 2.37. The van der Waals surface area contributed by atoms with Gasteiger partial charge in [-0.25, -0.2) is 4.79 Å². The van der Waals surface area contributed by atoms with E-state index < -0.39 is 11.9 Å². The van der Waals surface area contributed by atoms with Gasteiger partial charge in [0.2, 0.25) is 0 Å². The largest absolute Gasteiger partial charge is 0.497 e. The second kappa shape index (κ2) is 4.89. The molecule has 1 aliphatic rings. The van der Waals surface area contributed by atoms with Crippen LogP contribution < -0.4 is 9.64 Å². The Morgan fingerprint density at radius 3 is 2.83 bits per heavy atom. The lowest BCUT2D eigenvalue weighted by Gasteiger charge is -2.33. The molecule has 0 saturated heterocycles. The quantitative estimate of drug-likeness (QED) is 0.783. The van der Waals surface area contributed by atoms with Crippen molar-refractivity contribution in [3.8, 4) is 5.75 Å². The zero-order valence-electron chi connectivity index (χ0n) is 10.0. The summed E-state index contributed by atoms with van der Waals surface area (Å²) in [5.74, 6) is -1.07. The summed E-state index contributed by atoms with van der Waals surface area (Å²) in [6, 6.07) is 5.18. The zero-order valence-corrected chi connectivity index (χ0v) is 10.9. The van der Waals surface area contributed by atoms with Crippen molar-refractivity contribution in [3.05, 3.63) is 18.2 Å². The number of ether oxygens (including phenoxy) is 1. The Balaban J connectivity index is 2.48. The molecule has 96 valence electrons. The average molecular weight is 267 g/mol. The van der Waals surface area contributed by atoms with Crippen LogP contribution in [0.4, 0.5) is 5.69 Å². The Hall–Kier alpha value is -1.69. The Bertz CT molecular complexity index is 503. The Labute approximate surface area is 109 Å². The first-order valence-corrected chi connectivity index (χ1v) is 6.40. The molecule has 1 atom stereocenters. The van der Waals surface area contributed by atoms with E-state index in [-0.39, 0.29) is 6.04 Å². The van der Waals surface area contributed by atoms with Crippen LogP contribution in [0, 0.1) is 0 Å². The first kappa shape index (κ1) is 12.8. The highest BCUT2D eigenvalue weighted by molar-refractivity contribution is 7.99. The molecule has 1 N–H and O–H groups in total. The summed E-state index contributed by atoms with van der Waals surface area (Å²) >= 11 is 1.61. The molecule has 0 saturated carbocycles. The molecule has 1 heterocycles. The van der Waals surface area contributed by atoms with Gasteiger partial charge in [0.1, 0.15) is 5.75 Å². The number of fused-ring (bicyclic) bond motifs is 1. The topological polar surface area (TPSA) is 66.8 Å². The van der Waals surface area contributed by atoms with Crippen LogP contribution in [0.5, 0.6) is 5.75 Å². The molecule has 0 radical (unpaired) electrons. The van der Waals surface area contributed by atoms with Crippen molar-refractivity contribution in [2.45, 2.75) is 17.9 Å². The Morgan fingerprint density at radius 2 is 2.22 bits per heavy atom. The molecule has 0 aliphatic carbocycles. The van der Waals surface area contributed by atoms with E-state index in [4.69, 9.17) is 9.84 Å². The van der Waals surface area contributed by atoms with Gasteiger partial charge in [0.25, 0.3) is 0 Å². The minimum atomic E-state index is -1.44. The van der Waals surface area contributed by atoms with E-state index in [1.165, 1.54) is 12.0 Å². The number of rotatable bonds is 1. The van der Waals surface area contributed by atoms with Gasteiger partial charge in [-0.15, -0.1) is 11.8 Å². The summed E-state index contributed by atoms with van der Waals surface area (Å²) in [7, 11) is 1.53. The molecule has 5 nitrogen and oxygen atoms in total. The van der Waals surface area contributed by atoms with Gasteiger partial charge in [-0.2, -0.15) is 0 Å². The molecule has 1 unspecified atom stereocenters. The predicted molar refractivity (Wildman–Crippen MR) is 68.3 cm³/mol. The number of carboxylic acids is 1. The van der Waals surface area contributed by atoms with Crippen molar-refractivity contribution in [1.29, 1.82) is 0 Å². The first-order valence-electron chi connectivity index (χ1n) is 5.42. The lowest BCUT2D eigenvalue weighted by atomic mass is 10.2. The maximum absolute atomic E-state index is 11.7. The number of amides is 1. The van der Waals surface area contributed by atoms with E-state index in [0.29, 0.717) is 17.2 Å². The summed E-state index contributed by atoms with van der Waals surface area (Å²) < 4.78 is 5.11. The van der Waals surface area contributed by atoms with Crippen molar-refractivity contribution >= 4 is 29.3 Å². The summed E-state index contributed by atoms with van der Waals surface area (Å²) in [6.07, 6.45) is 0. The molecule has 18 heavy (non-hydrogen) atoms. The fraction of sp³-hybridized carbons (Fsp3) is 0.333. The van der Waals surface area contributed by atoms with Crippen LogP contribution in [-0.2, 0) is 9.59 Å². The van der Waals surface area contributed by atoms with Crippen molar-refractivity contribution in [3.63, 3.8) is 0 Å². The minimum Gasteiger partial charge on any atom is -0.497 e. The van der Waals surface area contributed by atoms with Gasteiger partial charge in [0.05, 0.1) is 12.8 Å². The number of carboxylic acid groups (broad SMARTS) is 1. The molecule has 2 rings (SSSR count). The smallest absolute Gasteiger partial charge is 0.394 e. The first-order chi connectivity index (χ1) is 8.54. The van der Waals surface area contributed by atoms with E-state index in [9.17, 15) is 9.59 Å². The standard InChI is InChI=1S/C12H13NO4S/c1-7-6-18-10-4-3-8(17-2)5-9(10)13(7)11(14)12(15)16/h3-5,7H,6H2,1-2H3,(H,15,16). The number of benzene rings is 1. The number of carbonyl (C=O) groups excluding carboxylic acids is 1. The Kier molecular flexibility index (Phi) is 3.47. The van der Waals surface area contributed by atoms with Crippen LogP contribution in [0.3, 0.4) is 0 Å². The van der Waals surface area contributed by atoms with Gasteiger partial charge < -0.3 is 9.84 Å². The van der Waals surface area contributed by atoms with Gasteiger partial charge in [-0.05, 0) is 19.1 Å². The number of methoxy groups -OCH3 is 1. The van der Waals surface area contributed by atoms with E-state index in [1.807, 2.05) is 13.0 Å². The van der Waals surface area contributed by atoms with Crippen LogP contribution in [-0.4, -0.2) is 35.9 Å². The van der Waals surface area contributed by atoms with Gasteiger partial charge in [0.15, 0.2) is 0 Å². The molecule has 1 aliphatic heterocycles.